The molecule has 122 valence electrons. The van der Waals surface area contributed by atoms with Crippen LogP contribution in [0.15, 0.2) is 18.2 Å². The SMILES string of the molecule is Cc1ccc([C@H](CC(C)C)N2CCNCC2)c(O)c1.Cl.Cl. The molecule has 1 aromatic carbocycles. The molecule has 5 heteroatoms. The molecule has 1 heterocycles. The molecule has 0 radical (unpaired) electrons. The maximum absolute atomic E-state index is 10.3. The van der Waals surface area contributed by atoms with Gasteiger partial charge in [-0.15, -0.1) is 24.8 Å². The predicted octanol–water partition coefficient (Wildman–Crippen LogP) is 3.54. The quantitative estimate of drug-likeness (QED) is 0.883. The molecular weight excluding hydrogens is 307 g/mol. The second kappa shape index (κ2) is 9.52. The predicted molar refractivity (Wildman–Crippen MR) is 94.0 cm³/mol. The minimum atomic E-state index is 0. The van der Waals surface area contributed by atoms with E-state index in [2.05, 4.69) is 36.2 Å². The zero-order valence-corrected chi connectivity index (χ0v) is 14.8. The molecule has 1 aliphatic heterocycles. The summed E-state index contributed by atoms with van der Waals surface area (Å²) in [5.41, 5.74) is 2.20. The Bertz CT molecular complexity index is 421. The molecule has 1 aliphatic rings. The van der Waals surface area contributed by atoms with E-state index in [-0.39, 0.29) is 24.8 Å². The lowest BCUT2D eigenvalue weighted by Crippen LogP contribution is -2.45. The summed E-state index contributed by atoms with van der Waals surface area (Å²) in [5, 5.41) is 13.7. The van der Waals surface area contributed by atoms with Gasteiger partial charge in [0.05, 0.1) is 0 Å². The van der Waals surface area contributed by atoms with Gasteiger partial charge in [0.2, 0.25) is 0 Å². The molecule has 2 rings (SSSR count). The summed E-state index contributed by atoms with van der Waals surface area (Å²) >= 11 is 0. The summed E-state index contributed by atoms with van der Waals surface area (Å²) in [6, 6.07) is 6.41. The van der Waals surface area contributed by atoms with Gasteiger partial charge in [-0.05, 0) is 30.9 Å². The van der Waals surface area contributed by atoms with Crippen LogP contribution in [0.4, 0.5) is 0 Å². The van der Waals surface area contributed by atoms with E-state index in [9.17, 15) is 5.11 Å². The van der Waals surface area contributed by atoms with E-state index in [4.69, 9.17) is 0 Å². The normalized spacial score (nSPS) is 17.0. The molecule has 21 heavy (non-hydrogen) atoms. The fourth-order valence-electron chi connectivity index (χ4n) is 2.85. The second-order valence-corrected chi connectivity index (χ2v) is 5.99. The first kappa shape index (κ1) is 20.5. The van der Waals surface area contributed by atoms with Crippen molar-refractivity contribution in [2.45, 2.75) is 33.2 Å². The first-order valence-corrected chi connectivity index (χ1v) is 7.32. The van der Waals surface area contributed by atoms with E-state index in [0.29, 0.717) is 17.7 Å². The van der Waals surface area contributed by atoms with E-state index in [1.807, 2.05) is 13.0 Å². The first-order valence-electron chi connectivity index (χ1n) is 7.32. The largest absolute Gasteiger partial charge is 0.508 e. The molecule has 1 atom stereocenters. The van der Waals surface area contributed by atoms with Crippen LogP contribution in [0, 0.1) is 12.8 Å². The fraction of sp³-hybridized carbons (Fsp3) is 0.625. The third-order valence-corrected chi connectivity index (χ3v) is 3.83. The topological polar surface area (TPSA) is 35.5 Å². The van der Waals surface area contributed by atoms with Crippen LogP contribution in [0.25, 0.3) is 0 Å². The van der Waals surface area contributed by atoms with E-state index in [1.54, 1.807) is 0 Å². The van der Waals surface area contributed by atoms with Crippen LogP contribution in [0.2, 0.25) is 0 Å². The van der Waals surface area contributed by atoms with Crippen LogP contribution in [0.5, 0.6) is 5.75 Å². The van der Waals surface area contributed by atoms with E-state index >= 15 is 0 Å². The van der Waals surface area contributed by atoms with Gasteiger partial charge in [-0.3, -0.25) is 4.90 Å². The minimum Gasteiger partial charge on any atom is -0.508 e. The number of hydrogen-bond acceptors (Lipinski definition) is 3. The lowest BCUT2D eigenvalue weighted by molar-refractivity contribution is 0.151. The van der Waals surface area contributed by atoms with Crippen LogP contribution >= 0.6 is 24.8 Å². The number of hydrogen-bond donors (Lipinski definition) is 2. The summed E-state index contributed by atoms with van der Waals surface area (Å²) in [6.07, 6.45) is 1.09. The van der Waals surface area contributed by atoms with Crippen LogP contribution < -0.4 is 5.32 Å². The Hall–Kier alpha value is -0.480. The Labute approximate surface area is 140 Å². The molecular formula is C16H28Cl2N2O. The van der Waals surface area contributed by atoms with Gasteiger partial charge >= 0.3 is 0 Å². The molecule has 1 aromatic rings. The van der Waals surface area contributed by atoms with Crippen LogP contribution in [0.3, 0.4) is 0 Å². The highest BCUT2D eigenvalue weighted by molar-refractivity contribution is 5.85. The smallest absolute Gasteiger partial charge is 0.120 e. The lowest BCUT2D eigenvalue weighted by atomic mass is 9.93. The maximum Gasteiger partial charge on any atom is 0.120 e. The van der Waals surface area contributed by atoms with E-state index < -0.39 is 0 Å². The summed E-state index contributed by atoms with van der Waals surface area (Å²) in [6.45, 7) is 10.7. The highest BCUT2D eigenvalue weighted by Gasteiger charge is 2.25. The van der Waals surface area contributed by atoms with Crippen molar-refractivity contribution in [1.82, 2.24) is 10.2 Å². The molecule has 2 N–H and O–H groups in total. The number of phenolic OH excluding ortho intramolecular Hbond substituents is 1. The Morgan fingerprint density at radius 2 is 1.81 bits per heavy atom. The number of nitrogens with zero attached hydrogens (tertiary/aromatic N) is 1. The molecule has 0 spiro atoms. The third kappa shape index (κ3) is 5.67. The zero-order chi connectivity index (χ0) is 13.8. The Morgan fingerprint density at radius 3 is 2.33 bits per heavy atom. The van der Waals surface area contributed by atoms with Crippen LogP contribution in [-0.4, -0.2) is 36.2 Å². The number of halogens is 2. The van der Waals surface area contributed by atoms with Crippen molar-refractivity contribution >= 4 is 24.8 Å². The maximum atomic E-state index is 10.3. The van der Waals surface area contributed by atoms with Gasteiger partial charge in [0.1, 0.15) is 5.75 Å². The van der Waals surface area contributed by atoms with E-state index in [0.717, 1.165) is 43.7 Å². The Balaban J connectivity index is 0.00000200. The van der Waals surface area contributed by atoms with Gasteiger partial charge < -0.3 is 10.4 Å². The molecule has 1 fully saturated rings. The molecule has 0 aromatic heterocycles. The summed E-state index contributed by atoms with van der Waals surface area (Å²) in [7, 11) is 0. The molecule has 0 bridgehead atoms. The van der Waals surface area contributed by atoms with Gasteiger partial charge in [-0.1, -0.05) is 26.0 Å². The van der Waals surface area contributed by atoms with Crippen molar-refractivity contribution < 1.29 is 5.11 Å². The van der Waals surface area contributed by atoms with Crippen molar-refractivity contribution in [2.24, 2.45) is 5.92 Å². The molecule has 0 aliphatic carbocycles. The molecule has 0 saturated carbocycles. The van der Waals surface area contributed by atoms with Gasteiger partial charge in [0.25, 0.3) is 0 Å². The van der Waals surface area contributed by atoms with Gasteiger partial charge in [-0.25, -0.2) is 0 Å². The van der Waals surface area contributed by atoms with Crippen LogP contribution in [-0.2, 0) is 0 Å². The van der Waals surface area contributed by atoms with Crippen molar-refractivity contribution in [3.63, 3.8) is 0 Å². The average Bonchev–Trinajstić information content (AvgIpc) is 2.37. The Morgan fingerprint density at radius 1 is 1.19 bits per heavy atom. The number of piperazine rings is 1. The van der Waals surface area contributed by atoms with Crippen molar-refractivity contribution in [3.8, 4) is 5.75 Å². The lowest BCUT2D eigenvalue weighted by Gasteiger charge is -2.36. The summed E-state index contributed by atoms with van der Waals surface area (Å²) < 4.78 is 0. The number of aromatic hydroxyl groups is 1. The van der Waals surface area contributed by atoms with Crippen molar-refractivity contribution in [3.05, 3.63) is 29.3 Å². The number of benzene rings is 1. The first-order chi connectivity index (χ1) is 9.08. The highest BCUT2D eigenvalue weighted by Crippen LogP contribution is 2.34. The number of phenols is 1. The van der Waals surface area contributed by atoms with Crippen molar-refractivity contribution in [1.29, 1.82) is 0 Å². The second-order valence-electron chi connectivity index (χ2n) is 5.99. The summed E-state index contributed by atoms with van der Waals surface area (Å²) in [5.74, 6) is 1.07. The minimum absolute atomic E-state index is 0. The standard InChI is InChI=1S/C16H26N2O.2ClH/c1-12(2)10-15(18-8-6-17-7-9-18)14-5-4-13(3)11-16(14)19;;/h4-5,11-12,15,17,19H,6-10H2,1-3H3;2*1H/t15-;;/m0../s1. The van der Waals surface area contributed by atoms with E-state index in [1.165, 1.54) is 0 Å². The van der Waals surface area contributed by atoms with Gasteiger partial charge in [0, 0.05) is 37.8 Å². The van der Waals surface area contributed by atoms with Crippen LogP contribution in [0.1, 0.15) is 37.4 Å². The third-order valence-electron chi connectivity index (χ3n) is 3.83. The monoisotopic (exact) mass is 334 g/mol. The summed E-state index contributed by atoms with van der Waals surface area (Å²) in [4.78, 5) is 2.50. The molecule has 0 unspecified atom stereocenters. The Kier molecular flexibility index (Phi) is 9.30. The number of nitrogens with one attached hydrogen (secondary N) is 1. The fourth-order valence-corrected chi connectivity index (χ4v) is 2.85. The number of aryl methyl sites for hydroxylation is 1. The molecule has 1 saturated heterocycles. The van der Waals surface area contributed by atoms with Gasteiger partial charge in [0.15, 0.2) is 0 Å². The molecule has 3 nitrogen and oxygen atoms in total. The zero-order valence-electron chi connectivity index (χ0n) is 13.1. The molecule has 0 amide bonds. The van der Waals surface area contributed by atoms with Gasteiger partial charge in [-0.2, -0.15) is 0 Å². The average molecular weight is 335 g/mol. The highest BCUT2D eigenvalue weighted by atomic mass is 35.5. The number of rotatable bonds is 4. The van der Waals surface area contributed by atoms with Crippen molar-refractivity contribution in [2.75, 3.05) is 26.2 Å².